The summed E-state index contributed by atoms with van der Waals surface area (Å²) in [5, 5.41) is 8.98. The molecule has 4 bridgehead atoms. The van der Waals surface area contributed by atoms with Crippen LogP contribution in [0.1, 0.15) is 51.0 Å². The van der Waals surface area contributed by atoms with Gasteiger partial charge in [0.05, 0.1) is 32.8 Å². The lowest BCUT2D eigenvalue weighted by molar-refractivity contribution is -0.139. The standard InChI is InChI=1S/C28H39N5O6/c1-17(2)25-26(35)30-15-21-18(3)39-27(31-21)19-9-10-22(37-4)23(14-19)38-13-7-12-33(16-24(34)32-25)28(36)20-8-5-6-11-29-20/h9-10,14,17,20,25,29H,5-8,11-13,15-16H2,1-4H3,(H,30,35)(H,32,34)/t20-,25+/m1/s1. The van der Waals surface area contributed by atoms with Crippen molar-refractivity contribution in [3.8, 4) is 23.0 Å². The lowest BCUT2D eigenvalue weighted by Crippen LogP contribution is -2.55. The van der Waals surface area contributed by atoms with E-state index in [0.717, 1.165) is 25.8 Å². The number of nitrogens with one attached hydrogen (secondary N) is 3. The van der Waals surface area contributed by atoms with Crippen molar-refractivity contribution in [3.05, 3.63) is 29.7 Å². The number of aryl methyl sites for hydroxylation is 1. The molecule has 4 rings (SSSR count). The van der Waals surface area contributed by atoms with E-state index in [1.807, 2.05) is 19.9 Å². The first kappa shape index (κ1) is 28.4. The van der Waals surface area contributed by atoms with Crippen molar-refractivity contribution in [2.75, 3.05) is 33.4 Å². The van der Waals surface area contributed by atoms with E-state index in [1.165, 1.54) is 0 Å². The molecule has 1 aromatic heterocycles. The van der Waals surface area contributed by atoms with Gasteiger partial charge in [-0.25, -0.2) is 4.98 Å². The Morgan fingerprint density at radius 2 is 2.03 bits per heavy atom. The van der Waals surface area contributed by atoms with Crippen molar-refractivity contribution in [3.63, 3.8) is 0 Å². The van der Waals surface area contributed by atoms with E-state index < -0.39 is 6.04 Å². The van der Waals surface area contributed by atoms with E-state index in [4.69, 9.17) is 13.9 Å². The Morgan fingerprint density at radius 3 is 2.74 bits per heavy atom. The molecule has 1 aromatic carbocycles. The number of hydrogen-bond acceptors (Lipinski definition) is 8. The van der Waals surface area contributed by atoms with Gasteiger partial charge in [0, 0.05) is 12.1 Å². The van der Waals surface area contributed by atoms with Crippen LogP contribution in [0.3, 0.4) is 0 Å². The number of nitrogens with zero attached hydrogens (tertiary/aromatic N) is 2. The first-order valence-corrected chi connectivity index (χ1v) is 13.6. The summed E-state index contributed by atoms with van der Waals surface area (Å²) in [6.07, 6.45) is 3.21. The van der Waals surface area contributed by atoms with Gasteiger partial charge < -0.3 is 34.7 Å². The maximum atomic E-state index is 13.4. The van der Waals surface area contributed by atoms with Gasteiger partial charge >= 0.3 is 0 Å². The molecular formula is C28H39N5O6. The second kappa shape index (κ2) is 13.0. The third-order valence-electron chi connectivity index (χ3n) is 7.08. The number of methoxy groups -OCH3 is 1. The van der Waals surface area contributed by atoms with Gasteiger partial charge in [0.25, 0.3) is 0 Å². The van der Waals surface area contributed by atoms with Crippen LogP contribution in [0.15, 0.2) is 22.6 Å². The predicted molar refractivity (Wildman–Crippen MR) is 144 cm³/mol. The molecular weight excluding hydrogens is 502 g/mol. The zero-order chi connectivity index (χ0) is 27.9. The predicted octanol–water partition coefficient (Wildman–Crippen LogP) is 2.17. The number of fused-ring (bicyclic) bond motifs is 5. The fourth-order valence-corrected chi connectivity index (χ4v) is 4.83. The van der Waals surface area contributed by atoms with Crippen LogP contribution < -0.4 is 25.4 Å². The molecule has 39 heavy (non-hydrogen) atoms. The zero-order valence-corrected chi connectivity index (χ0v) is 23.2. The number of amides is 3. The maximum absolute atomic E-state index is 13.4. The fourth-order valence-electron chi connectivity index (χ4n) is 4.83. The van der Waals surface area contributed by atoms with Gasteiger partial charge in [0.1, 0.15) is 17.5 Å². The number of benzene rings is 1. The summed E-state index contributed by atoms with van der Waals surface area (Å²) in [7, 11) is 1.57. The lowest BCUT2D eigenvalue weighted by atomic mass is 10.0. The summed E-state index contributed by atoms with van der Waals surface area (Å²) in [5.41, 5.74) is 1.29. The average molecular weight is 542 g/mol. The van der Waals surface area contributed by atoms with Crippen LogP contribution in [-0.4, -0.2) is 73.0 Å². The Balaban J connectivity index is 1.61. The molecule has 1 fully saturated rings. The van der Waals surface area contributed by atoms with Crippen molar-refractivity contribution in [1.29, 1.82) is 0 Å². The van der Waals surface area contributed by atoms with E-state index in [2.05, 4.69) is 20.9 Å². The molecule has 11 nitrogen and oxygen atoms in total. The third kappa shape index (κ3) is 7.08. The van der Waals surface area contributed by atoms with Gasteiger partial charge in [-0.05, 0) is 56.8 Å². The first-order chi connectivity index (χ1) is 18.8. The summed E-state index contributed by atoms with van der Waals surface area (Å²) in [6, 6.07) is 4.33. The minimum Gasteiger partial charge on any atom is -0.493 e. The van der Waals surface area contributed by atoms with Gasteiger partial charge in [-0.1, -0.05) is 20.3 Å². The number of carbonyl (C=O) groups excluding carboxylic acids is 3. The summed E-state index contributed by atoms with van der Waals surface area (Å²) in [5.74, 6) is 1.07. The maximum Gasteiger partial charge on any atom is 0.243 e. The Bertz CT molecular complexity index is 1170. The summed E-state index contributed by atoms with van der Waals surface area (Å²) >= 11 is 0. The molecule has 2 aromatic rings. The highest BCUT2D eigenvalue weighted by Crippen LogP contribution is 2.33. The summed E-state index contributed by atoms with van der Waals surface area (Å²) < 4.78 is 17.4. The first-order valence-electron chi connectivity index (χ1n) is 13.6. The monoisotopic (exact) mass is 541 g/mol. The Kier molecular flexibility index (Phi) is 9.45. The highest BCUT2D eigenvalue weighted by atomic mass is 16.5. The van der Waals surface area contributed by atoms with Gasteiger partial charge in [-0.3, -0.25) is 14.4 Å². The Morgan fingerprint density at radius 1 is 1.21 bits per heavy atom. The van der Waals surface area contributed by atoms with Crippen molar-refractivity contribution in [2.24, 2.45) is 5.92 Å². The second-order valence-electron chi connectivity index (χ2n) is 10.4. The Hall–Kier alpha value is -3.60. The van der Waals surface area contributed by atoms with E-state index in [0.29, 0.717) is 54.0 Å². The summed E-state index contributed by atoms with van der Waals surface area (Å²) in [6.45, 7) is 6.92. The van der Waals surface area contributed by atoms with Crippen molar-refractivity contribution >= 4 is 17.7 Å². The van der Waals surface area contributed by atoms with E-state index in [1.54, 1.807) is 31.1 Å². The molecule has 3 amide bonds. The number of carbonyl (C=O) groups is 3. The highest BCUT2D eigenvalue weighted by molar-refractivity contribution is 5.91. The molecule has 0 radical (unpaired) electrons. The smallest absolute Gasteiger partial charge is 0.243 e. The average Bonchev–Trinajstić information content (AvgIpc) is 3.31. The van der Waals surface area contributed by atoms with Crippen LogP contribution >= 0.6 is 0 Å². The minimum absolute atomic E-state index is 0.112. The molecule has 0 unspecified atom stereocenters. The molecule has 0 saturated carbocycles. The van der Waals surface area contributed by atoms with Gasteiger partial charge in [-0.15, -0.1) is 0 Å². The number of hydrogen-bond donors (Lipinski definition) is 3. The largest absolute Gasteiger partial charge is 0.493 e. The second-order valence-corrected chi connectivity index (χ2v) is 10.4. The molecule has 11 heteroatoms. The normalized spacial score (nSPS) is 21.3. The zero-order valence-electron chi connectivity index (χ0n) is 23.2. The number of rotatable bonds is 3. The van der Waals surface area contributed by atoms with Crippen molar-refractivity contribution in [2.45, 2.75) is 65.1 Å². The van der Waals surface area contributed by atoms with E-state index >= 15 is 0 Å². The molecule has 0 aliphatic carbocycles. The van der Waals surface area contributed by atoms with Crippen molar-refractivity contribution in [1.82, 2.24) is 25.8 Å². The van der Waals surface area contributed by atoms with E-state index in [-0.39, 0.29) is 42.8 Å². The fraction of sp³-hybridized carbons (Fsp3) is 0.571. The minimum atomic E-state index is -0.764. The number of piperidine rings is 1. The number of aromatic nitrogens is 1. The van der Waals surface area contributed by atoms with Crippen molar-refractivity contribution < 1.29 is 28.3 Å². The van der Waals surface area contributed by atoms with Crippen LogP contribution in [0.4, 0.5) is 0 Å². The molecule has 2 atom stereocenters. The summed E-state index contributed by atoms with van der Waals surface area (Å²) in [4.78, 5) is 45.7. The molecule has 2 aliphatic rings. The van der Waals surface area contributed by atoms with Crippen LogP contribution in [-0.2, 0) is 20.9 Å². The Labute approximate surface area is 229 Å². The molecule has 0 spiro atoms. The topological polar surface area (TPSA) is 135 Å². The van der Waals surface area contributed by atoms with Crippen LogP contribution in [0, 0.1) is 12.8 Å². The molecule has 3 heterocycles. The van der Waals surface area contributed by atoms with Gasteiger partial charge in [0.15, 0.2) is 11.5 Å². The van der Waals surface area contributed by atoms with Gasteiger partial charge in [0.2, 0.25) is 23.6 Å². The SMILES string of the molecule is COc1ccc2cc1OCCCN(C(=O)[C@H]1CCCCN1)CC(=O)N[C@@H](C(C)C)C(=O)NCc1nc-2oc1C. The molecule has 2 aliphatic heterocycles. The highest BCUT2D eigenvalue weighted by Gasteiger charge is 2.30. The molecule has 1 saturated heterocycles. The number of ether oxygens (including phenoxy) is 2. The molecule has 3 N–H and O–H groups in total. The van der Waals surface area contributed by atoms with Crippen LogP contribution in [0.25, 0.3) is 11.5 Å². The van der Waals surface area contributed by atoms with Gasteiger partial charge in [-0.2, -0.15) is 0 Å². The third-order valence-corrected chi connectivity index (χ3v) is 7.08. The quantitative estimate of drug-likeness (QED) is 0.538. The number of oxazole rings is 1. The van der Waals surface area contributed by atoms with E-state index in [9.17, 15) is 14.4 Å². The van der Waals surface area contributed by atoms with Crippen LogP contribution in [0.5, 0.6) is 11.5 Å². The molecule has 212 valence electrons. The van der Waals surface area contributed by atoms with Crippen LogP contribution in [0.2, 0.25) is 0 Å². The lowest BCUT2D eigenvalue weighted by Gasteiger charge is -2.30.